The monoisotopic (exact) mass is 381 g/mol. The summed E-state index contributed by atoms with van der Waals surface area (Å²) in [6, 6.07) is 13.6. The van der Waals surface area contributed by atoms with Crippen molar-refractivity contribution in [2.75, 3.05) is 17.7 Å². The van der Waals surface area contributed by atoms with E-state index in [4.69, 9.17) is 4.74 Å². The van der Waals surface area contributed by atoms with E-state index in [1.54, 1.807) is 48.5 Å². The molecule has 3 N–H and O–H groups in total. The molecule has 0 spiro atoms. The highest BCUT2D eigenvalue weighted by Crippen LogP contribution is 2.21. The molecule has 0 bridgehead atoms. The normalized spacial score (nSPS) is 13.6. The maximum absolute atomic E-state index is 12.5. The molecule has 0 radical (unpaired) electrons. The third kappa shape index (κ3) is 4.88. The molecule has 1 aliphatic carbocycles. The van der Waals surface area contributed by atoms with Crippen LogP contribution in [0.3, 0.4) is 0 Å². The van der Waals surface area contributed by atoms with Crippen LogP contribution in [0.1, 0.15) is 36.0 Å². The van der Waals surface area contributed by atoms with Crippen LogP contribution in [-0.4, -0.2) is 30.9 Å². The van der Waals surface area contributed by atoms with Gasteiger partial charge in [-0.2, -0.15) is 0 Å². The molecule has 1 aliphatic rings. The van der Waals surface area contributed by atoms with Crippen molar-refractivity contribution in [1.29, 1.82) is 0 Å². The molecular weight excluding hydrogens is 358 g/mol. The van der Waals surface area contributed by atoms with Gasteiger partial charge in [0, 0.05) is 17.4 Å². The molecule has 0 aromatic heterocycles. The summed E-state index contributed by atoms with van der Waals surface area (Å²) >= 11 is 0. The molecule has 0 saturated heterocycles. The number of rotatable bonds is 5. The maximum Gasteiger partial charge on any atom is 0.313 e. The van der Waals surface area contributed by atoms with E-state index in [9.17, 15) is 14.4 Å². The molecule has 7 nitrogen and oxygen atoms in total. The molecule has 3 amide bonds. The maximum atomic E-state index is 12.5. The van der Waals surface area contributed by atoms with Crippen LogP contribution in [0.2, 0.25) is 0 Å². The number of ether oxygens (including phenoxy) is 1. The van der Waals surface area contributed by atoms with Crippen molar-refractivity contribution in [2.24, 2.45) is 0 Å². The molecule has 146 valence electrons. The second-order valence-electron chi connectivity index (χ2n) is 6.64. The van der Waals surface area contributed by atoms with Crippen molar-refractivity contribution in [3.63, 3.8) is 0 Å². The van der Waals surface area contributed by atoms with E-state index >= 15 is 0 Å². The van der Waals surface area contributed by atoms with Gasteiger partial charge in [-0.1, -0.05) is 31.0 Å². The van der Waals surface area contributed by atoms with Crippen molar-refractivity contribution in [2.45, 2.75) is 31.7 Å². The Morgan fingerprint density at radius 3 is 2.29 bits per heavy atom. The van der Waals surface area contributed by atoms with E-state index in [0.29, 0.717) is 22.7 Å². The summed E-state index contributed by atoms with van der Waals surface area (Å²) in [4.78, 5) is 36.6. The van der Waals surface area contributed by atoms with Gasteiger partial charge in [-0.3, -0.25) is 14.4 Å². The molecule has 2 aromatic rings. The van der Waals surface area contributed by atoms with Crippen molar-refractivity contribution >= 4 is 29.1 Å². The van der Waals surface area contributed by atoms with Gasteiger partial charge in [0.05, 0.1) is 12.7 Å². The lowest BCUT2D eigenvalue weighted by Gasteiger charge is -2.13. The summed E-state index contributed by atoms with van der Waals surface area (Å²) in [7, 11) is 1.50. The number of para-hydroxylation sites is 1. The third-order valence-electron chi connectivity index (χ3n) is 4.63. The average Bonchev–Trinajstić information content (AvgIpc) is 3.21. The number of hydrogen-bond acceptors (Lipinski definition) is 4. The summed E-state index contributed by atoms with van der Waals surface area (Å²) in [5.74, 6) is -1.23. The Bertz CT molecular complexity index is 875. The Balaban J connectivity index is 1.62. The first kappa shape index (κ1) is 19.4. The van der Waals surface area contributed by atoms with Gasteiger partial charge in [-0.25, -0.2) is 0 Å². The predicted octanol–water partition coefficient (Wildman–Crippen LogP) is 2.94. The molecule has 0 heterocycles. The van der Waals surface area contributed by atoms with Gasteiger partial charge in [0.1, 0.15) is 5.75 Å². The summed E-state index contributed by atoms with van der Waals surface area (Å²) < 4.78 is 5.20. The van der Waals surface area contributed by atoms with E-state index in [1.807, 2.05) is 0 Å². The predicted molar refractivity (Wildman–Crippen MR) is 106 cm³/mol. The van der Waals surface area contributed by atoms with Gasteiger partial charge < -0.3 is 20.7 Å². The number of amides is 3. The number of carbonyl (C=O) groups is 3. The van der Waals surface area contributed by atoms with E-state index < -0.39 is 11.8 Å². The molecular formula is C21H23N3O4. The van der Waals surface area contributed by atoms with Crippen molar-refractivity contribution < 1.29 is 19.1 Å². The minimum absolute atomic E-state index is 0.0738. The highest BCUT2D eigenvalue weighted by Gasteiger charge is 2.21. The fraction of sp³-hybridized carbons (Fsp3) is 0.286. The van der Waals surface area contributed by atoms with Gasteiger partial charge in [-0.15, -0.1) is 0 Å². The Hall–Kier alpha value is -3.35. The minimum atomic E-state index is -0.722. The van der Waals surface area contributed by atoms with Crippen LogP contribution < -0.4 is 20.7 Å². The van der Waals surface area contributed by atoms with E-state index in [-0.39, 0.29) is 11.9 Å². The Morgan fingerprint density at radius 1 is 0.893 bits per heavy atom. The number of hydrogen-bond donors (Lipinski definition) is 3. The van der Waals surface area contributed by atoms with Crippen molar-refractivity contribution in [1.82, 2.24) is 5.32 Å². The Morgan fingerprint density at radius 2 is 1.57 bits per heavy atom. The second-order valence-corrected chi connectivity index (χ2v) is 6.64. The molecule has 0 aliphatic heterocycles. The third-order valence-corrected chi connectivity index (χ3v) is 4.63. The van der Waals surface area contributed by atoms with Crippen molar-refractivity contribution in [3.8, 4) is 5.75 Å². The van der Waals surface area contributed by atoms with Crippen LogP contribution >= 0.6 is 0 Å². The quantitative estimate of drug-likeness (QED) is 0.694. The fourth-order valence-electron chi connectivity index (χ4n) is 3.21. The zero-order valence-electron chi connectivity index (χ0n) is 15.7. The van der Waals surface area contributed by atoms with Crippen LogP contribution in [0.15, 0.2) is 48.5 Å². The molecule has 0 atom stereocenters. The summed E-state index contributed by atoms with van der Waals surface area (Å²) in [6.45, 7) is 0. The largest absolute Gasteiger partial charge is 0.496 e. The molecule has 1 saturated carbocycles. The SMILES string of the molecule is COc1ccccc1C(=O)Nc1cccc(NC(=O)C(=O)NC2CCCC2)c1. The standard InChI is InChI=1S/C21H23N3O4/c1-28-18-12-5-4-11-17(18)19(25)23-15-9-6-10-16(13-15)24-21(27)20(26)22-14-7-2-3-8-14/h4-6,9-14H,2-3,7-8H2,1H3,(H,22,26)(H,23,25)(H,24,27). The van der Waals surface area contributed by atoms with Crippen LogP contribution in [0.25, 0.3) is 0 Å². The molecule has 28 heavy (non-hydrogen) atoms. The summed E-state index contributed by atoms with van der Waals surface area (Å²) in [5, 5.41) is 8.07. The highest BCUT2D eigenvalue weighted by atomic mass is 16.5. The Kier molecular flexibility index (Phi) is 6.26. The van der Waals surface area contributed by atoms with Gasteiger partial charge in [-0.05, 0) is 43.2 Å². The highest BCUT2D eigenvalue weighted by molar-refractivity contribution is 6.39. The molecule has 3 rings (SSSR count). The lowest BCUT2D eigenvalue weighted by Crippen LogP contribution is -2.40. The first-order valence-electron chi connectivity index (χ1n) is 9.23. The molecule has 2 aromatic carbocycles. The number of benzene rings is 2. The molecule has 0 unspecified atom stereocenters. The van der Waals surface area contributed by atoms with Gasteiger partial charge in [0.2, 0.25) is 0 Å². The lowest BCUT2D eigenvalue weighted by atomic mass is 10.2. The Labute approximate surface area is 163 Å². The minimum Gasteiger partial charge on any atom is -0.496 e. The second kappa shape index (κ2) is 9.03. The van der Waals surface area contributed by atoms with Gasteiger partial charge in [0.25, 0.3) is 5.91 Å². The molecule has 7 heteroatoms. The zero-order chi connectivity index (χ0) is 19.9. The number of methoxy groups -OCH3 is 1. The van der Waals surface area contributed by atoms with Crippen LogP contribution in [0.4, 0.5) is 11.4 Å². The fourth-order valence-corrected chi connectivity index (χ4v) is 3.21. The van der Waals surface area contributed by atoms with Gasteiger partial charge >= 0.3 is 11.8 Å². The average molecular weight is 381 g/mol. The zero-order valence-corrected chi connectivity index (χ0v) is 15.7. The number of carbonyl (C=O) groups excluding carboxylic acids is 3. The van der Waals surface area contributed by atoms with E-state index in [0.717, 1.165) is 25.7 Å². The number of anilines is 2. The van der Waals surface area contributed by atoms with Crippen LogP contribution in [0, 0.1) is 0 Å². The first-order chi connectivity index (χ1) is 13.6. The molecule has 1 fully saturated rings. The first-order valence-corrected chi connectivity index (χ1v) is 9.23. The van der Waals surface area contributed by atoms with Gasteiger partial charge in [0.15, 0.2) is 0 Å². The summed E-state index contributed by atoms with van der Waals surface area (Å²) in [6.07, 6.45) is 3.95. The lowest BCUT2D eigenvalue weighted by molar-refractivity contribution is -0.136. The summed E-state index contributed by atoms with van der Waals surface area (Å²) in [5.41, 5.74) is 1.31. The van der Waals surface area contributed by atoms with Crippen molar-refractivity contribution in [3.05, 3.63) is 54.1 Å². The van der Waals surface area contributed by atoms with E-state index in [2.05, 4.69) is 16.0 Å². The number of nitrogens with one attached hydrogen (secondary N) is 3. The van der Waals surface area contributed by atoms with Crippen LogP contribution in [-0.2, 0) is 9.59 Å². The van der Waals surface area contributed by atoms with E-state index in [1.165, 1.54) is 7.11 Å². The topological polar surface area (TPSA) is 96.5 Å². The smallest absolute Gasteiger partial charge is 0.313 e. The van der Waals surface area contributed by atoms with Crippen LogP contribution in [0.5, 0.6) is 5.75 Å².